The van der Waals surface area contributed by atoms with Crippen LogP contribution < -0.4 is 25.8 Å². The summed E-state index contributed by atoms with van der Waals surface area (Å²) in [5.74, 6) is -1.77. The van der Waals surface area contributed by atoms with Gasteiger partial charge in [-0.05, 0) is 36.4 Å². The Kier molecular flexibility index (Phi) is 5.93. The Morgan fingerprint density at radius 2 is 1.48 bits per heavy atom. The summed E-state index contributed by atoms with van der Waals surface area (Å²) in [7, 11) is -2.57. The van der Waals surface area contributed by atoms with Gasteiger partial charge in [-0.2, -0.15) is 0 Å². The molecule has 2 amide bonds. The minimum absolute atomic E-state index is 0.101. The second-order valence-electron chi connectivity index (χ2n) is 4.68. The first-order chi connectivity index (χ1) is 11.9. The van der Waals surface area contributed by atoms with Gasteiger partial charge in [-0.1, -0.05) is 18.2 Å². The molecule has 4 N–H and O–H groups in total. The molecule has 132 valence electrons. The minimum atomic E-state index is -4.02. The number of hydrogen-bond donors (Lipinski definition) is 4. The van der Waals surface area contributed by atoms with Crippen LogP contribution in [-0.4, -0.2) is 27.3 Å². The lowest BCUT2D eigenvalue weighted by Crippen LogP contribution is -2.49. The van der Waals surface area contributed by atoms with Crippen molar-refractivity contribution in [3.63, 3.8) is 0 Å². The Balaban J connectivity index is 1.88. The number of benzene rings is 2. The monoisotopic (exact) mass is 364 g/mol. The minimum Gasteiger partial charge on any atom is -0.497 e. The molecule has 0 heterocycles. The molecule has 2 rings (SSSR count). The van der Waals surface area contributed by atoms with E-state index in [0.717, 1.165) is 0 Å². The van der Waals surface area contributed by atoms with Gasteiger partial charge >= 0.3 is 11.8 Å². The fraction of sp³-hybridized carbons (Fsp3) is 0.0667. The molecular weight excluding hydrogens is 348 g/mol. The molecule has 0 bridgehead atoms. The van der Waals surface area contributed by atoms with Gasteiger partial charge in [0, 0.05) is 0 Å². The highest BCUT2D eigenvalue weighted by molar-refractivity contribution is 7.89. The second kappa shape index (κ2) is 8.13. The third kappa shape index (κ3) is 5.19. The number of nitrogens with one attached hydrogen (secondary N) is 4. The fourth-order valence-corrected chi connectivity index (χ4v) is 2.53. The highest BCUT2D eigenvalue weighted by Crippen LogP contribution is 2.14. The zero-order valence-corrected chi connectivity index (χ0v) is 14.0. The van der Waals surface area contributed by atoms with Crippen LogP contribution in [0, 0.1) is 0 Å². The quantitative estimate of drug-likeness (QED) is 0.427. The number of sulfonamides is 1. The Hall–Kier alpha value is -3.11. The average molecular weight is 364 g/mol. The van der Waals surface area contributed by atoms with Gasteiger partial charge < -0.3 is 4.74 Å². The van der Waals surface area contributed by atoms with Crippen LogP contribution in [0.1, 0.15) is 0 Å². The molecule has 0 unspecified atom stereocenters. The number of hydrazine groups is 2. The molecular formula is C15H16N4O5S. The van der Waals surface area contributed by atoms with Gasteiger partial charge in [0.15, 0.2) is 0 Å². The van der Waals surface area contributed by atoms with E-state index < -0.39 is 21.8 Å². The lowest BCUT2D eigenvalue weighted by molar-refractivity contribution is -0.139. The Morgan fingerprint density at radius 3 is 2.08 bits per heavy atom. The Bertz CT molecular complexity index is 838. The van der Waals surface area contributed by atoms with Gasteiger partial charge in [-0.25, -0.2) is 8.42 Å². The molecule has 0 fully saturated rings. The van der Waals surface area contributed by atoms with Crippen molar-refractivity contribution in [2.24, 2.45) is 0 Å². The number of rotatable bonds is 6. The zero-order valence-electron chi connectivity index (χ0n) is 13.1. The molecule has 2 aromatic carbocycles. The maximum absolute atomic E-state index is 12.0. The number of para-hydroxylation sites is 1. The van der Waals surface area contributed by atoms with Crippen molar-refractivity contribution in [3.8, 4) is 5.75 Å². The van der Waals surface area contributed by atoms with E-state index >= 15 is 0 Å². The molecule has 0 aliphatic rings. The number of anilines is 1. The van der Waals surface area contributed by atoms with Crippen molar-refractivity contribution in [2.45, 2.75) is 4.90 Å². The van der Waals surface area contributed by atoms with Gasteiger partial charge in [-0.15, -0.1) is 4.83 Å². The summed E-state index contributed by atoms with van der Waals surface area (Å²) in [6.07, 6.45) is 0. The van der Waals surface area contributed by atoms with E-state index in [4.69, 9.17) is 4.74 Å². The first-order valence-corrected chi connectivity index (χ1v) is 8.48. The highest BCUT2D eigenvalue weighted by Gasteiger charge is 2.18. The molecule has 10 heteroatoms. The van der Waals surface area contributed by atoms with E-state index in [1.807, 2.05) is 10.3 Å². The van der Waals surface area contributed by atoms with Crippen molar-refractivity contribution in [1.29, 1.82) is 0 Å². The van der Waals surface area contributed by atoms with Crippen LogP contribution in [-0.2, 0) is 19.6 Å². The average Bonchev–Trinajstić information content (AvgIpc) is 2.65. The normalized spacial score (nSPS) is 10.6. The fourth-order valence-electron chi connectivity index (χ4n) is 1.69. The molecule has 0 saturated carbocycles. The van der Waals surface area contributed by atoms with Crippen LogP contribution in [0.15, 0.2) is 59.5 Å². The summed E-state index contributed by atoms with van der Waals surface area (Å²) in [6.45, 7) is 0. The van der Waals surface area contributed by atoms with Crippen molar-refractivity contribution in [1.82, 2.24) is 15.7 Å². The third-order valence-electron chi connectivity index (χ3n) is 2.97. The molecule has 0 saturated heterocycles. The van der Waals surface area contributed by atoms with Crippen molar-refractivity contribution >= 4 is 27.5 Å². The van der Waals surface area contributed by atoms with E-state index in [1.165, 1.54) is 31.4 Å². The van der Waals surface area contributed by atoms with Gasteiger partial charge in [0.05, 0.1) is 17.7 Å². The van der Waals surface area contributed by atoms with E-state index in [2.05, 4.69) is 10.9 Å². The van der Waals surface area contributed by atoms with Crippen LogP contribution in [0.5, 0.6) is 5.75 Å². The molecule has 9 nitrogen and oxygen atoms in total. The largest absolute Gasteiger partial charge is 0.497 e. The van der Waals surface area contributed by atoms with E-state index in [1.54, 1.807) is 30.3 Å². The predicted molar refractivity (Wildman–Crippen MR) is 89.7 cm³/mol. The molecule has 0 atom stereocenters. The van der Waals surface area contributed by atoms with Crippen LogP contribution in [0.4, 0.5) is 5.69 Å². The number of hydrogen-bond acceptors (Lipinski definition) is 6. The summed E-state index contributed by atoms with van der Waals surface area (Å²) in [5, 5.41) is 0. The third-order valence-corrected chi connectivity index (χ3v) is 4.23. The van der Waals surface area contributed by atoms with Gasteiger partial charge in [-0.3, -0.25) is 25.9 Å². The van der Waals surface area contributed by atoms with E-state index in [-0.39, 0.29) is 4.90 Å². The maximum atomic E-state index is 12.0. The summed E-state index contributed by atoms with van der Waals surface area (Å²) in [6, 6.07) is 14.1. The summed E-state index contributed by atoms with van der Waals surface area (Å²) in [5.41, 5.74) is 7.04. The first kappa shape index (κ1) is 18.2. The van der Waals surface area contributed by atoms with Crippen LogP contribution in [0.25, 0.3) is 0 Å². The van der Waals surface area contributed by atoms with E-state index in [9.17, 15) is 18.0 Å². The summed E-state index contributed by atoms with van der Waals surface area (Å²) >= 11 is 0. The Labute approximate surface area is 144 Å². The molecule has 25 heavy (non-hydrogen) atoms. The van der Waals surface area contributed by atoms with Crippen LogP contribution in [0.2, 0.25) is 0 Å². The zero-order chi connectivity index (χ0) is 18.3. The lowest BCUT2D eigenvalue weighted by atomic mass is 10.3. The topological polar surface area (TPSA) is 126 Å². The van der Waals surface area contributed by atoms with Gasteiger partial charge in [0.25, 0.3) is 10.0 Å². The standard InChI is InChI=1S/C15H16N4O5S/c1-24-12-7-9-13(10-8-12)25(22,23)19-18-15(21)14(20)17-16-11-5-3-2-4-6-11/h2-10,16,19H,1H3,(H,17,20)(H,18,21). The molecule has 0 aliphatic carbocycles. The lowest BCUT2D eigenvalue weighted by Gasteiger charge is -2.10. The second-order valence-corrected chi connectivity index (χ2v) is 6.36. The molecule has 0 spiro atoms. The van der Waals surface area contributed by atoms with Crippen LogP contribution in [0.3, 0.4) is 0 Å². The number of carbonyl (C=O) groups excluding carboxylic acids is 2. The molecule has 2 aromatic rings. The van der Waals surface area contributed by atoms with Crippen molar-refractivity contribution in [2.75, 3.05) is 12.5 Å². The first-order valence-electron chi connectivity index (χ1n) is 6.99. The van der Waals surface area contributed by atoms with Gasteiger partial charge in [0.1, 0.15) is 5.75 Å². The van der Waals surface area contributed by atoms with Crippen LogP contribution >= 0.6 is 0 Å². The Morgan fingerprint density at radius 1 is 0.880 bits per heavy atom. The number of ether oxygens (including phenoxy) is 1. The summed E-state index contributed by atoms with van der Waals surface area (Å²) in [4.78, 5) is 25.0. The molecule has 0 aliphatic heterocycles. The predicted octanol–water partition coefficient (Wildman–Crippen LogP) is 0.148. The number of methoxy groups -OCH3 is 1. The number of amides is 2. The SMILES string of the molecule is COc1ccc(S(=O)(=O)NNC(=O)C(=O)NNc2ccccc2)cc1. The summed E-state index contributed by atoms with van der Waals surface area (Å²) < 4.78 is 29.0. The van der Waals surface area contributed by atoms with Crippen molar-refractivity contribution in [3.05, 3.63) is 54.6 Å². The number of carbonyl (C=O) groups is 2. The van der Waals surface area contributed by atoms with E-state index in [0.29, 0.717) is 11.4 Å². The van der Waals surface area contributed by atoms with Crippen molar-refractivity contribution < 1.29 is 22.7 Å². The molecule has 0 aromatic heterocycles. The molecule has 0 radical (unpaired) electrons. The highest BCUT2D eigenvalue weighted by atomic mass is 32.2. The van der Waals surface area contributed by atoms with Gasteiger partial charge in [0.2, 0.25) is 0 Å². The smallest absolute Gasteiger partial charge is 0.329 e. The maximum Gasteiger partial charge on any atom is 0.329 e.